The number of esters is 1. The van der Waals surface area contributed by atoms with Crippen molar-refractivity contribution < 1.29 is 19.4 Å². The summed E-state index contributed by atoms with van der Waals surface area (Å²) in [7, 11) is 0. The van der Waals surface area contributed by atoms with Crippen molar-refractivity contribution in [3.05, 3.63) is 67.6 Å². The van der Waals surface area contributed by atoms with E-state index in [4.69, 9.17) is 4.74 Å². The third kappa shape index (κ3) is 4.92. The smallest absolute Gasteiger partial charge is 0.338 e. The fourth-order valence-electron chi connectivity index (χ4n) is 3.47. The van der Waals surface area contributed by atoms with Crippen molar-refractivity contribution in [2.24, 2.45) is 0 Å². The topological polar surface area (TPSA) is 63.6 Å². The minimum Gasteiger partial charge on any atom is -0.506 e. The van der Waals surface area contributed by atoms with Gasteiger partial charge in [-0.2, -0.15) is 0 Å². The summed E-state index contributed by atoms with van der Waals surface area (Å²) in [6.07, 6.45) is 1.03. The van der Waals surface area contributed by atoms with E-state index in [1.807, 2.05) is 24.3 Å². The Labute approximate surface area is 208 Å². The lowest BCUT2D eigenvalue weighted by Gasteiger charge is -2.27. The molecule has 2 aromatic carbocycles. The highest BCUT2D eigenvalue weighted by molar-refractivity contribution is 9.11. The van der Waals surface area contributed by atoms with Crippen LogP contribution >= 0.6 is 63.7 Å². The summed E-state index contributed by atoms with van der Waals surface area (Å²) in [6, 6.07) is 10.9. The predicted octanol–water partition coefficient (Wildman–Crippen LogP) is 6.79. The second kappa shape index (κ2) is 10.1. The highest BCUT2D eigenvalue weighted by Crippen LogP contribution is 2.42. The maximum absolute atomic E-state index is 12.7. The molecule has 0 spiro atoms. The van der Waals surface area contributed by atoms with E-state index < -0.39 is 5.97 Å². The van der Waals surface area contributed by atoms with Gasteiger partial charge in [0.05, 0.1) is 30.8 Å². The Balaban J connectivity index is 2.29. The molecule has 0 radical (unpaired) electrons. The van der Waals surface area contributed by atoms with E-state index in [0.717, 1.165) is 22.3 Å². The quantitative estimate of drug-likeness (QED) is 0.289. The Hall–Kier alpha value is -0.960. The van der Waals surface area contributed by atoms with Crippen LogP contribution in [0.25, 0.3) is 5.57 Å². The molecule has 4 nitrogen and oxygen atoms in total. The SMILES string of the molecule is CCOC(=O)c1ccccc1C(=C1CC(Br)C(=O)C(Br)C1)c1cc(Br)c(O)c(Br)c1. The molecule has 2 unspecified atom stereocenters. The summed E-state index contributed by atoms with van der Waals surface area (Å²) in [4.78, 5) is 24.4. The van der Waals surface area contributed by atoms with Gasteiger partial charge in [0.1, 0.15) is 5.75 Å². The lowest BCUT2D eigenvalue weighted by atomic mass is 9.83. The van der Waals surface area contributed by atoms with E-state index in [-0.39, 0.29) is 27.8 Å². The van der Waals surface area contributed by atoms with Crippen molar-refractivity contribution in [2.45, 2.75) is 29.4 Å². The number of carbonyl (C=O) groups excluding carboxylic acids is 2. The second-order valence-electron chi connectivity index (χ2n) is 6.78. The summed E-state index contributed by atoms with van der Waals surface area (Å²) in [6.45, 7) is 2.04. The lowest BCUT2D eigenvalue weighted by Crippen LogP contribution is -2.30. The number of hydrogen-bond donors (Lipinski definition) is 1. The molecule has 1 saturated carbocycles. The fourth-order valence-corrected chi connectivity index (χ4v) is 6.43. The number of Topliss-reactive ketones (excluding diaryl/α,β-unsaturated/α-hetero) is 1. The Bertz CT molecular complexity index is 993. The van der Waals surface area contributed by atoms with Crippen LogP contribution in [0.15, 0.2) is 50.9 Å². The van der Waals surface area contributed by atoms with E-state index in [1.165, 1.54) is 0 Å². The van der Waals surface area contributed by atoms with Gasteiger partial charge in [-0.3, -0.25) is 4.79 Å². The van der Waals surface area contributed by atoms with Gasteiger partial charge in [0.25, 0.3) is 0 Å². The molecule has 0 bridgehead atoms. The third-order valence-corrected chi connectivity index (χ3v) is 7.58. The van der Waals surface area contributed by atoms with Crippen molar-refractivity contribution in [2.75, 3.05) is 6.61 Å². The summed E-state index contributed by atoms with van der Waals surface area (Å²) < 4.78 is 6.32. The van der Waals surface area contributed by atoms with Crippen LogP contribution in [0.2, 0.25) is 0 Å². The zero-order valence-electron chi connectivity index (χ0n) is 15.9. The summed E-state index contributed by atoms with van der Waals surface area (Å²) in [5.41, 5.74) is 3.87. The van der Waals surface area contributed by atoms with Crippen molar-refractivity contribution >= 4 is 81.0 Å². The third-order valence-electron chi connectivity index (χ3n) is 4.82. The number of allylic oxidation sites excluding steroid dienone is 1. The Morgan fingerprint density at radius 1 is 1.07 bits per heavy atom. The highest BCUT2D eigenvalue weighted by atomic mass is 79.9. The van der Waals surface area contributed by atoms with Gasteiger partial charge in [0.2, 0.25) is 0 Å². The standard InChI is InChI=1S/C22H18Br4O4/c1-2-30-22(29)14-6-4-3-5-13(14)19(11-7-15(23)20(27)16(24)8-11)12-9-17(25)21(28)18(26)10-12/h3-8,17-18,27H,2,9-10H2,1H3. The highest BCUT2D eigenvalue weighted by Gasteiger charge is 2.33. The lowest BCUT2D eigenvalue weighted by molar-refractivity contribution is -0.118. The molecule has 0 heterocycles. The summed E-state index contributed by atoms with van der Waals surface area (Å²) in [5.74, 6) is -0.206. The van der Waals surface area contributed by atoms with Gasteiger partial charge >= 0.3 is 5.97 Å². The number of ketones is 1. The van der Waals surface area contributed by atoms with E-state index in [9.17, 15) is 14.7 Å². The van der Waals surface area contributed by atoms with E-state index in [0.29, 0.717) is 27.4 Å². The van der Waals surface area contributed by atoms with E-state index in [2.05, 4.69) is 63.7 Å². The number of phenols is 1. The maximum atomic E-state index is 12.7. The zero-order valence-corrected chi connectivity index (χ0v) is 22.3. The van der Waals surface area contributed by atoms with Crippen molar-refractivity contribution in [3.63, 3.8) is 0 Å². The average Bonchev–Trinajstić information content (AvgIpc) is 2.71. The van der Waals surface area contributed by atoms with Crippen LogP contribution in [-0.2, 0) is 9.53 Å². The van der Waals surface area contributed by atoms with Gasteiger partial charge < -0.3 is 9.84 Å². The van der Waals surface area contributed by atoms with Crippen LogP contribution in [0.5, 0.6) is 5.75 Å². The number of ether oxygens (including phenoxy) is 1. The molecule has 0 aromatic heterocycles. The van der Waals surface area contributed by atoms with Crippen LogP contribution in [0.3, 0.4) is 0 Å². The van der Waals surface area contributed by atoms with Crippen molar-refractivity contribution in [1.82, 2.24) is 0 Å². The van der Waals surface area contributed by atoms with Gasteiger partial charge in [0, 0.05) is 0 Å². The number of halogens is 4. The Kier molecular flexibility index (Phi) is 7.98. The minimum absolute atomic E-state index is 0.0948. The molecule has 0 saturated heterocycles. The number of rotatable bonds is 4. The zero-order chi connectivity index (χ0) is 22.0. The minimum atomic E-state index is -0.402. The monoisotopic (exact) mass is 662 g/mol. The molecule has 0 amide bonds. The number of phenolic OH excluding ortho intramolecular Hbond substituents is 1. The number of alkyl halides is 2. The first kappa shape index (κ1) is 23.7. The molecule has 1 fully saturated rings. The molecule has 2 atom stereocenters. The average molecular weight is 666 g/mol. The normalized spacial score (nSPS) is 19.0. The molecule has 3 rings (SSSR count). The van der Waals surface area contributed by atoms with E-state index >= 15 is 0 Å². The first-order valence-corrected chi connectivity index (χ1v) is 12.6. The Morgan fingerprint density at radius 3 is 2.13 bits per heavy atom. The van der Waals surface area contributed by atoms with E-state index in [1.54, 1.807) is 19.1 Å². The molecule has 1 N–H and O–H groups in total. The Morgan fingerprint density at radius 2 is 1.60 bits per heavy atom. The molecule has 2 aromatic rings. The number of carbonyl (C=O) groups is 2. The van der Waals surface area contributed by atoms with Crippen LogP contribution in [0.1, 0.15) is 41.3 Å². The number of benzene rings is 2. The molecule has 158 valence electrons. The molecule has 30 heavy (non-hydrogen) atoms. The van der Waals surface area contributed by atoms with Crippen molar-refractivity contribution in [1.29, 1.82) is 0 Å². The van der Waals surface area contributed by atoms with Crippen LogP contribution in [0.4, 0.5) is 0 Å². The van der Waals surface area contributed by atoms with Gasteiger partial charge in [-0.25, -0.2) is 4.79 Å². The molecule has 0 aliphatic heterocycles. The van der Waals surface area contributed by atoms with Crippen molar-refractivity contribution in [3.8, 4) is 5.75 Å². The summed E-state index contributed by atoms with van der Waals surface area (Å²) >= 11 is 13.8. The van der Waals surface area contributed by atoms with Crippen LogP contribution in [-0.4, -0.2) is 33.1 Å². The summed E-state index contributed by atoms with van der Waals surface area (Å²) in [5, 5.41) is 10.2. The van der Waals surface area contributed by atoms with Gasteiger partial charge in [-0.15, -0.1) is 0 Å². The second-order valence-corrected chi connectivity index (χ2v) is 10.7. The maximum Gasteiger partial charge on any atom is 0.338 e. The first-order valence-electron chi connectivity index (χ1n) is 9.23. The fraction of sp³-hybridized carbons (Fsp3) is 0.273. The number of hydrogen-bond acceptors (Lipinski definition) is 4. The predicted molar refractivity (Wildman–Crippen MR) is 132 cm³/mol. The molecule has 1 aliphatic carbocycles. The van der Waals surface area contributed by atoms with Gasteiger partial charge in [-0.1, -0.05) is 55.6 Å². The van der Waals surface area contributed by atoms with Crippen LogP contribution < -0.4 is 0 Å². The van der Waals surface area contributed by atoms with Gasteiger partial charge in [-0.05, 0) is 86.5 Å². The molecule has 8 heteroatoms. The largest absolute Gasteiger partial charge is 0.506 e. The van der Waals surface area contributed by atoms with Gasteiger partial charge in [0.15, 0.2) is 5.78 Å². The molecular formula is C22H18Br4O4. The van der Waals surface area contributed by atoms with Crippen LogP contribution in [0, 0.1) is 0 Å². The number of aromatic hydroxyl groups is 1. The molecular weight excluding hydrogens is 648 g/mol. The first-order chi connectivity index (χ1) is 14.2. The molecule has 1 aliphatic rings.